The van der Waals surface area contributed by atoms with Crippen LogP contribution in [0.25, 0.3) is 0 Å². The molecule has 0 radical (unpaired) electrons. The predicted octanol–water partition coefficient (Wildman–Crippen LogP) is 2.42. The topological polar surface area (TPSA) is 95.5 Å². The Morgan fingerprint density at radius 3 is 2.32 bits per heavy atom. The number of thiophene rings is 1. The van der Waals surface area contributed by atoms with Gasteiger partial charge in [0.1, 0.15) is 5.54 Å². The summed E-state index contributed by atoms with van der Waals surface area (Å²) in [6.45, 7) is 0.359. The van der Waals surface area contributed by atoms with Crippen molar-refractivity contribution in [3.63, 3.8) is 0 Å². The smallest absolute Gasteiger partial charge is 0.329 e. The van der Waals surface area contributed by atoms with Crippen LogP contribution in [0.2, 0.25) is 0 Å². The quantitative estimate of drug-likeness (QED) is 0.739. The van der Waals surface area contributed by atoms with Gasteiger partial charge in [-0.2, -0.15) is 0 Å². The van der Waals surface area contributed by atoms with Gasteiger partial charge >= 0.3 is 5.97 Å². The van der Waals surface area contributed by atoms with E-state index >= 15 is 0 Å². The second kappa shape index (κ2) is 7.06. The molecule has 6 nitrogen and oxygen atoms in total. The number of nitrogens with one attached hydrogen (secondary N) is 2. The fourth-order valence-electron chi connectivity index (χ4n) is 2.66. The van der Waals surface area contributed by atoms with E-state index in [-0.39, 0.29) is 5.91 Å². The van der Waals surface area contributed by atoms with Crippen molar-refractivity contribution >= 4 is 29.1 Å². The second-order valence-corrected chi connectivity index (χ2v) is 7.00. The first-order valence-corrected chi connectivity index (χ1v) is 8.85. The molecule has 0 saturated heterocycles. The molecule has 0 spiro atoms. The van der Waals surface area contributed by atoms with Gasteiger partial charge in [0.2, 0.25) is 0 Å². The van der Waals surface area contributed by atoms with Crippen molar-refractivity contribution in [1.29, 1.82) is 0 Å². The number of hydrogen-bond acceptors (Lipinski definition) is 4. The standard InChI is InChI=1S/C18H18N2O4S/c21-15(20-18(17(23)24)8-2-9-18)13-6-4-12(5-7-13)11-19-16(22)14-3-1-10-25-14/h1,3-7,10H,2,8-9,11H2,(H,19,22)(H,20,21)(H,23,24). The van der Waals surface area contributed by atoms with E-state index in [0.29, 0.717) is 29.8 Å². The van der Waals surface area contributed by atoms with Gasteiger partial charge in [0, 0.05) is 12.1 Å². The molecule has 1 aromatic carbocycles. The molecule has 0 bridgehead atoms. The molecule has 1 fully saturated rings. The maximum Gasteiger partial charge on any atom is 0.329 e. The SMILES string of the molecule is O=C(NC1(C(=O)O)CCC1)c1ccc(CNC(=O)c2cccs2)cc1. The fourth-order valence-corrected chi connectivity index (χ4v) is 3.30. The minimum atomic E-state index is -1.12. The van der Waals surface area contributed by atoms with Crippen molar-refractivity contribution in [1.82, 2.24) is 10.6 Å². The summed E-state index contributed by atoms with van der Waals surface area (Å²) in [5, 5.41) is 16.6. The minimum Gasteiger partial charge on any atom is -0.480 e. The molecule has 0 atom stereocenters. The van der Waals surface area contributed by atoms with E-state index in [1.54, 1.807) is 30.3 Å². The Balaban J connectivity index is 1.57. The average molecular weight is 358 g/mol. The summed E-state index contributed by atoms with van der Waals surface area (Å²) in [5.74, 6) is -1.51. The summed E-state index contributed by atoms with van der Waals surface area (Å²) in [6.07, 6.45) is 1.72. The highest BCUT2D eigenvalue weighted by molar-refractivity contribution is 7.12. The van der Waals surface area contributed by atoms with Gasteiger partial charge in [-0.05, 0) is 48.4 Å². The number of carboxylic acids is 1. The van der Waals surface area contributed by atoms with Crippen LogP contribution in [0.3, 0.4) is 0 Å². The van der Waals surface area contributed by atoms with Gasteiger partial charge < -0.3 is 15.7 Å². The molecule has 25 heavy (non-hydrogen) atoms. The molecule has 2 amide bonds. The van der Waals surface area contributed by atoms with E-state index in [1.165, 1.54) is 11.3 Å². The molecule has 1 heterocycles. The van der Waals surface area contributed by atoms with Gasteiger partial charge in [0.25, 0.3) is 11.8 Å². The van der Waals surface area contributed by atoms with Crippen LogP contribution in [0.1, 0.15) is 44.9 Å². The summed E-state index contributed by atoms with van der Waals surface area (Å²) < 4.78 is 0. The molecule has 0 aliphatic heterocycles. The number of carbonyl (C=O) groups excluding carboxylic acids is 2. The summed E-state index contributed by atoms with van der Waals surface area (Å²) in [5.41, 5.74) is 0.142. The molecule has 0 unspecified atom stereocenters. The van der Waals surface area contributed by atoms with Crippen molar-refractivity contribution < 1.29 is 19.5 Å². The Hall–Kier alpha value is -2.67. The van der Waals surface area contributed by atoms with Crippen molar-refractivity contribution in [2.24, 2.45) is 0 Å². The van der Waals surface area contributed by atoms with E-state index in [2.05, 4.69) is 10.6 Å². The van der Waals surface area contributed by atoms with Crippen molar-refractivity contribution in [3.8, 4) is 0 Å². The average Bonchev–Trinajstić information content (AvgIpc) is 3.10. The first kappa shape index (κ1) is 17.2. The molecular weight excluding hydrogens is 340 g/mol. The molecule has 7 heteroatoms. The summed E-state index contributed by atoms with van der Waals surface area (Å²) in [6, 6.07) is 10.3. The van der Waals surface area contributed by atoms with E-state index in [4.69, 9.17) is 0 Å². The lowest BCUT2D eigenvalue weighted by molar-refractivity contribution is -0.148. The first-order chi connectivity index (χ1) is 12.0. The molecular formula is C18H18N2O4S. The zero-order valence-corrected chi connectivity index (χ0v) is 14.3. The highest BCUT2D eigenvalue weighted by atomic mass is 32.1. The lowest BCUT2D eigenvalue weighted by atomic mass is 9.76. The number of carboxylic acid groups (broad SMARTS) is 1. The molecule has 1 saturated carbocycles. The van der Waals surface area contributed by atoms with Crippen LogP contribution in [0.4, 0.5) is 0 Å². The van der Waals surface area contributed by atoms with E-state index in [1.807, 2.05) is 11.4 Å². The molecule has 3 rings (SSSR count). The third-order valence-electron chi connectivity index (χ3n) is 4.38. The Morgan fingerprint density at radius 2 is 1.80 bits per heavy atom. The predicted molar refractivity (Wildman–Crippen MR) is 93.6 cm³/mol. The summed E-state index contributed by atoms with van der Waals surface area (Å²) in [7, 11) is 0. The number of hydrogen-bond donors (Lipinski definition) is 3. The summed E-state index contributed by atoms with van der Waals surface area (Å²) >= 11 is 1.37. The maximum atomic E-state index is 12.2. The van der Waals surface area contributed by atoms with Gasteiger partial charge in [-0.3, -0.25) is 9.59 Å². The van der Waals surface area contributed by atoms with Gasteiger partial charge in [-0.25, -0.2) is 4.79 Å². The van der Waals surface area contributed by atoms with Crippen molar-refractivity contribution in [2.75, 3.05) is 0 Å². The normalized spacial score (nSPS) is 15.0. The first-order valence-electron chi connectivity index (χ1n) is 7.97. The van der Waals surface area contributed by atoms with Gasteiger partial charge in [-0.1, -0.05) is 18.2 Å². The highest BCUT2D eigenvalue weighted by Gasteiger charge is 2.45. The van der Waals surface area contributed by atoms with Gasteiger partial charge in [0.05, 0.1) is 4.88 Å². The maximum absolute atomic E-state index is 12.2. The van der Waals surface area contributed by atoms with Crippen molar-refractivity contribution in [3.05, 3.63) is 57.8 Å². The number of amides is 2. The van der Waals surface area contributed by atoms with E-state index in [0.717, 1.165) is 12.0 Å². The van der Waals surface area contributed by atoms with E-state index < -0.39 is 17.4 Å². The lowest BCUT2D eigenvalue weighted by Crippen LogP contribution is -2.59. The van der Waals surface area contributed by atoms with Gasteiger partial charge in [0.15, 0.2) is 0 Å². The lowest BCUT2D eigenvalue weighted by Gasteiger charge is -2.38. The Labute approximate surface area is 148 Å². The highest BCUT2D eigenvalue weighted by Crippen LogP contribution is 2.32. The fraction of sp³-hybridized carbons (Fsp3) is 0.278. The summed E-state index contributed by atoms with van der Waals surface area (Å²) in [4.78, 5) is 36.1. The monoisotopic (exact) mass is 358 g/mol. The van der Waals surface area contributed by atoms with Crippen LogP contribution < -0.4 is 10.6 Å². The van der Waals surface area contributed by atoms with Gasteiger partial charge in [-0.15, -0.1) is 11.3 Å². The molecule has 1 aliphatic carbocycles. The van der Waals surface area contributed by atoms with Crippen molar-refractivity contribution in [2.45, 2.75) is 31.3 Å². The minimum absolute atomic E-state index is 0.134. The molecule has 3 N–H and O–H groups in total. The van der Waals surface area contributed by atoms with Crippen LogP contribution in [0, 0.1) is 0 Å². The Morgan fingerprint density at radius 1 is 1.08 bits per heavy atom. The molecule has 1 aliphatic rings. The zero-order chi connectivity index (χ0) is 17.9. The number of rotatable bonds is 6. The molecule has 2 aromatic rings. The Bertz CT molecular complexity index is 780. The number of carbonyl (C=O) groups is 3. The van der Waals surface area contributed by atoms with Crippen LogP contribution in [0.5, 0.6) is 0 Å². The van der Waals surface area contributed by atoms with Crippen LogP contribution in [0.15, 0.2) is 41.8 Å². The second-order valence-electron chi connectivity index (χ2n) is 6.05. The molecule has 130 valence electrons. The zero-order valence-electron chi connectivity index (χ0n) is 13.5. The Kier molecular flexibility index (Phi) is 4.85. The van der Waals surface area contributed by atoms with Crippen LogP contribution >= 0.6 is 11.3 Å². The number of aliphatic carboxylic acids is 1. The third kappa shape index (κ3) is 3.71. The van der Waals surface area contributed by atoms with Crippen LogP contribution in [-0.4, -0.2) is 28.4 Å². The molecule has 1 aromatic heterocycles. The van der Waals surface area contributed by atoms with Crippen LogP contribution in [-0.2, 0) is 11.3 Å². The largest absolute Gasteiger partial charge is 0.480 e. The van der Waals surface area contributed by atoms with E-state index in [9.17, 15) is 19.5 Å². The number of benzene rings is 1. The third-order valence-corrected chi connectivity index (χ3v) is 5.25.